The second kappa shape index (κ2) is 5.72. The Morgan fingerprint density at radius 3 is 2.10 bits per heavy atom. The van der Waals surface area contributed by atoms with Crippen molar-refractivity contribution in [3.63, 3.8) is 0 Å². The van der Waals surface area contributed by atoms with E-state index in [4.69, 9.17) is 4.55 Å². The van der Waals surface area contributed by atoms with Gasteiger partial charge in [-0.3, -0.25) is 20.2 Å². The number of rotatable bonds is 4. The molecular formula is C13H12N2O4S. The minimum absolute atomic E-state index is 0.211. The first-order chi connectivity index (χ1) is 9.47. The van der Waals surface area contributed by atoms with Crippen molar-refractivity contribution in [1.29, 1.82) is 0 Å². The van der Waals surface area contributed by atoms with Gasteiger partial charge >= 0.3 is 0 Å². The summed E-state index contributed by atoms with van der Waals surface area (Å²) < 4.78 is 30.6. The molecule has 104 valence electrons. The lowest BCUT2D eigenvalue weighted by molar-refractivity contribution is 0.0962. The van der Waals surface area contributed by atoms with Gasteiger partial charge in [-0.25, -0.2) is 0 Å². The van der Waals surface area contributed by atoms with Crippen LogP contribution in [0.4, 0.5) is 5.69 Å². The Morgan fingerprint density at radius 2 is 1.55 bits per heavy atom. The van der Waals surface area contributed by atoms with Crippen LogP contribution < -0.4 is 10.9 Å². The molecule has 3 N–H and O–H groups in total. The fraction of sp³-hybridized carbons (Fsp3) is 0. The molecule has 1 amide bonds. The topological polar surface area (TPSA) is 95.5 Å². The number of amides is 1. The molecule has 7 heteroatoms. The number of nitrogens with one attached hydrogen (secondary N) is 2. The molecule has 0 spiro atoms. The van der Waals surface area contributed by atoms with E-state index in [0.29, 0.717) is 11.3 Å². The van der Waals surface area contributed by atoms with Crippen molar-refractivity contribution in [1.82, 2.24) is 5.43 Å². The van der Waals surface area contributed by atoms with Crippen molar-refractivity contribution in [3.05, 3.63) is 60.2 Å². The molecule has 0 aromatic heterocycles. The van der Waals surface area contributed by atoms with Crippen LogP contribution in [0.2, 0.25) is 0 Å². The van der Waals surface area contributed by atoms with Gasteiger partial charge in [-0.1, -0.05) is 18.2 Å². The average molecular weight is 292 g/mol. The zero-order chi connectivity index (χ0) is 14.6. The third kappa shape index (κ3) is 3.56. The van der Waals surface area contributed by atoms with Gasteiger partial charge in [0, 0.05) is 5.56 Å². The van der Waals surface area contributed by atoms with E-state index in [1.54, 1.807) is 30.3 Å². The van der Waals surface area contributed by atoms with E-state index in [0.717, 1.165) is 0 Å². The van der Waals surface area contributed by atoms with E-state index in [-0.39, 0.29) is 10.8 Å². The normalized spacial score (nSPS) is 10.8. The van der Waals surface area contributed by atoms with Crippen LogP contribution in [0.1, 0.15) is 10.4 Å². The number of hydrazine groups is 1. The Bertz CT molecular complexity index is 697. The Labute approximate surface area is 116 Å². The van der Waals surface area contributed by atoms with Gasteiger partial charge in [0.2, 0.25) is 0 Å². The second-order valence-electron chi connectivity index (χ2n) is 3.94. The lowest BCUT2D eigenvalue weighted by atomic mass is 10.2. The van der Waals surface area contributed by atoms with Gasteiger partial charge in [0.1, 0.15) is 0 Å². The minimum Gasteiger partial charge on any atom is -0.298 e. The quantitative estimate of drug-likeness (QED) is 0.588. The third-order valence-corrected chi connectivity index (χ3v) is 3.38. The number of hydrogen-bond donors (Lipinski definition) is 3. The summed E-state index contributed by atoms with van der Waals surface area (Å²) in [6, 6.07) is 13.9. The molecule has 0 saturated heterocycles. The fourth-order valence-electron chi connectivity index (χ4n) is 1.50. The van der Waals surface area contributed by atoms with Crippen LogP contribution in [0.5, 0.6) is 0 Å². The van der Waals surface area contributed by atoms with Gasteiger partial charge in [0.05, 0.1) is 10.6 Å². The first-order valence-corrected chi connectivity index (χ1v) is 7.10. The third-order valence-electron chi connectivity index (χ3n) is 2.51. The first-order valence-electron chi connectivity index (χ1n) is 5.66. The highest BCUT2D eigenvalue weighted by atomic mass is 32.2. The molecule has 0 radical (unpaired) electrons. The zero-order valence-corrected chi connectivity index (χ0v) is 11.1. The van der Waals surface area contributed by atoms with Crippen molar-refractivity contribution < 1.29 is 17.8 Å². The molecule has 0 aliphatic carbocycles. The van der Waals surface area contributed by atoms with E-state index in [1.165, 1.54) is 24.3 Å². The average Bonchev–Trinajstić information content (AvgIpc) is 2.45. The number of hydrogen-bond acceptors (Lipinski definition) is 4. The molecular weight excluding hydrogens is 280 g/mol. The van der Waals surface area contributed by atoms with Gasteiger partial charge in [-0.05, 0) is 36.4 Å². The minimum atomic E-state index is -4.21. The molecule has 2 rings (SSSR count). The SMILES string of the molecule is O=C(NNc1ccc(S(=O)(=O)O)cc1)c1ccccc1. The summed E-state index contributed by atoms with van der Waals surface area (Å²) in [5.74, 6) is -0.315. The zero-order valence-electron chi connectivity index (χ0n) is 10.3. The largest absolute Gasteiger partial charge is 0.298 e. The van der Waals surface area contributed by atoms with E-state index < -0.39 is 10.1 Å². The number of carbonyl (C=O) groups excluding carboxylic acids is 1. The monoisotopic (exact) mass is 292 g/mol. The number of carbonyl (C=O) groups is 1. The molecule has 0 unspecified atom stereocenters. The standard InChI is InChI=1S/C13H12N2O4S/c16-13(10-4-2-1-3-5-10)15-14-11-6-8-12(9-7-11)20(17,18)19/h1-9,14H,(H,15,16)(H,17,18,19). The summed E-state index contributed by atoms with van der Waals surface area (Å²) in [4.78, 5) is 11.5. The van der Waals surface area contributed by atoms with Crippen molar-refractivity contribution >= 4 is 21.7 Å². The maximum atomic E-state index is 11.7. The molecule has 0 fully saturated rings. The van der Waals surface area contributed by atoms with Crippen molar-refractivity contribution in [2.24, 2.45) is 0 Å². The summed E-state index contributed by atoms with van der Waals surface area (Å²) in [6.45, 7) is 0. The van der Waals surface area contributed by atoms with Gasteiger partial charge in [0.25, 0.3) is 16.0 Å². The fourth-order valence-corrected chi connectivity index (χ4v) is 1.98. The Balaban J connectivity index is 2.00. The molecule has 6 nitrogen and oxygen atoms in total. The van der Waals surface area contributed by atoms with Crippen LogP contribution in [0.15, 0.2) is 59.5 Å². The predicted molar refractivity (Wildman–Crippen MR) is 73.8 cm³/mol. The van der Waals surface area contributed by atoms with Crippen LogP contribution in [-0.4, -0.2) is 18.9 Å². The molecule has 0 heterocycles. The highest BCUT2D eigenvalue weighted by molar-refractivity contribution is 7.85. The molecule has 2 aromatic carbocycles. The Kier molecular flexibility index (Phi) is 4.02. The first kappa shape index (κ1) is 14.0. The van der Waals surface area contributed by atoms with Crippen molar-refractivity contribution in [2.75, 3.05) is 5.43 Å². The predicted octanol–water partition coefficient (Wildman–Crippen LogP) is 1.69. The van der Waals surface area contributed by atoms with E-state index in [9.17, 15) is 13.2 Å². The van der Waals surface area contributed by atoms with Crippen LogP contribution in [0, 0.1) is 0 Å². The van der Waals surface area contributed by atoms with E-state index in [2.05, 4.69) is 10.9 Å². The molecule has 0 saturated carbocycles. The van der Waals surface area contributed by atoms with Gasteiger partial charge < -0.3 is 0 Å². The second-order valence-corrected chi connectivity index (χ2v) is 5.37. The van der Waals surface area contributed by atoms with Crippen LogP contribution in [0.25, 0.3) is 0 Å². The molecule has 2 aromatic rings. The van der Waals surface area contributed by atoms with Gasteiger partial charge in [-0.2, -0.15) is 8.42 Å². The van der Waals surface area contributed by atoms with E-state index >= 15 is 0 Å². The Morgan fingerprint density at radius 1 is 0.950 bits per heavy atom. The smallest absolute Gasteiger partial charge is 0.294 e. The highest BCUT2D eigenvalue weighted by Crippen LogP contribution is 2.12. The van der Waals surface area contributed by atoms with Crippen LogP contribution >= 0.6 is 0 Å². The lowest BCUT2D eigenvalue weighted by Gasteiger charge is -2.08. The summed E-state index contributed by atoms with van der Waals surface area (Å²) in [6.07, 6.45) is 0. The summed E-state index contributed by atoms with van der Waals surface area (Å²) in [5, 5.41) is 0. The molecule has 0 bridgehead atoms. The van der Waals surface area contributed by atoms with Gasteiger partial charge in [-0.15, -0.1) is 0 Å². The molecule has 0 aliphatic rings. The van der Waals surface area contributed by atoms with Crippen molar-refractivity contribution in [2.45, 2.75) is 4.90 Å². The maximum absolute atomic E-state index is 11.7. The molecule has 0 aliphatic heterocycles. The summed E-state index contributed by atoms with van der Waals surface area (Å²) in [7, 11) is -4.21. The summed E-state index contributed by atoms with van der Waals surface area (Å²) in [5.41, 5.74) is 6.10. The van der Waals surface area contributed by atoms with Crippen molar-refractivity contribution in [3.8, 4) is 0 Å². The van der Waals surface area contributed by atoms with Crippen LogP contribution in [-0.2, 0) is 10.1 Å². The number of anilines is 1. The van der Waals surface area contributed by atoms with Gasteiger partial charge in [0.15, 0.2) is 0 Å². The highest BCUT2D eigenvalue weighted by Gasteiger charge is 2.08. The van der Waals surface area contributed by atoms with E-state index in [1.807, 2.05) is 0 Å². The Hall–Kier alpha value is -2.38. The van der Waals surface area contributed by atoms with Crippen LogP contribution in [0.3, 0.4) is 0 Å². The lowest BCUT2D eigenvalue weighted by Crippen LogP contribution is -2.29. The molecule has 0 atom stereocenters. The number of benzene rings is 2. The molecule has 20 heavy (non-hydrogen) atoms. The maximum Gasteiger partial charge on any atom is 0.294 e. The summed E-state index contributed by atoms with van der Waals surface area (Å²) >= 11 is 0.